The molecule has 0 N–H and O–H groups in total. The van der Waals surface area contributed by atoms with Crippen LogP contribution < -0.4 is 0 Å². The fraction of sp³-hybridized carbons (Fsp3) is 0.400. The summed E-state index contributed by atoms with van der Waals surface area (Å²) in [5, 5.41) is 0. The summed E-state index contributed by atoms with van der Waals surface area (Å²) >= 11 is 0. The zero-order chi connectivity index (χ0) is 18.8. The minimum absolute atomic E-state index is 0.183. The number of aryl methyl sites for hydroxylation is 1. The van der Waals surface area contributed by atoms with E-state index in [9.17, 15) is 8.42 Å². The number of allylic oxidation sites excluding steroid dienone is 1. The SMILES string of the molecule is C=CC1=C(/C=C/C[Si](C)(C)C)C(C)N(S(=O)(=O)c2ccc(C)cc2)C1. The van der Waals surface area contributed by atoms with Crippen molar-refractivity contribution in [1.29, 1.82) is 0 Å². The lowest BCUT2D eigenvalue weighted by Crippen LogP contribution is -2.35. The summed E-state index contributed by atoms with van der Waals surface area (Å²) in [6.07, 6.45) is 6.09. The lowest BCUT2D eigenvalue weighted by molar-refractivity contribution is 0.421. The molecule has 1 atom stereocenters. The first-order chi connectivity index (χ1) is 11.6. The van der Waals surface area contributed by atoms with Gasteiger partial charge >= 0.3 is 0 Å². The van der Waals surface area contributed by atoms with Crippen LogP contribution in [0.2, 0.25) is 25.7 Å². The minimum Gasteiger partial charge on any atom is -0.207 e. The zero-order valence-corrected chi connectivity index (χ0v) is 17.7. The van der Waals surface area contributed by atoms with Gasteiger partial charge in [0.15, 0.2) is 0 Å². The fourth-order valence-electron chi connectivity index (χ4n) is 2.93. The van der Waals surface area contributed by atoms with E-state index in [1.165, 1.54) is 0 Å². The van der Waals surface area contributed by atoms with Crippen molar-refractivity contribution >= 4 is 18.1 Å². The van der Waals surface area contributed by atoms with Gasteiger partial charge in [0.05, 0.1) is 4.90 Å². The summed E-state index contributed by atoms with van der Waals surface area (Å²) in [6.45, 7) is 15.1. The van der Waals surface area contributed by atoms with Crippen LogP contribution in [0.4, 0.5) is 0 Å². The molecular formula is C20H29NO2SSi. The Labute approximate surface area is 153 Å². The van der Waals surface area contributed by atoms with Crippen LogP contribution in [0.3, 0.4) is 0 Å². The molecule has 0 amide bonds. The highest BCUT2D eigenvalue weighted by Crippen LogP contribution is 2.32. The normalized spacial score (nSPS) is 19.8. The minimum atomic E-state index is -3.52. The lowest BCUT2D eigenvalue weighted by atomic mass is 10.1. The fourth-order valence-corrected chi connectivity index (χ4v) is 5.34. The second-order valence-electron chi connectivity index (χ2n) is 7.89. The van der Waals surface area contributed by atoms with Crippen molar-refractivity contribution in [3.05, 3.63) is 65.8 Å². The molecule has 2 rings (SSSR count). The van der Waals surface area contributed by atoms with E-state index in [4.69, 9.17) is 0 Å². The Balaban J connectivity index is 2.29. The van der Waals surface area contributed by atoms with Crippen LogP contribution in [0.1, 0.15) is 12.5 Å². The van der Waals surface area contributed by atoms with Crippen molar-refractivity contribution in [2.24, 2.45) is 0 Å². The van der Waals surface area contributed by atoms with Gasteiger partial charge < -0.3 is 0 Å². The van der Waals surface area contributed by atoms with Gasteiger partial charge in [-0.1, -0.05) is 62.1 Å². The molecule has 1 heterocycles. The standard InChI is InChI=1S/C20H29NO2SSi/c1-7-18-15-21(17(3)20(18)9-8-14-25(4,5)6)24(22,23)19-12-10-16(2)11-13-19/h7-13,17H,1,14-15H2,2-6H3/b9-8+. The molecule has 0 aliphatic carbocycles. The van der Waals surface area contributed by atoms with Gasteiger partial charge in [-0.05, 0) is 43.2 Å². The van der Waals surface area contributed by atoms with E-state index < -0.39 is 18.1 Å². The average Bonchev–Trinajstić information content (AvgIpc) is 2.84. The van der Waals surface area contributed by atoms with Gasteiger partial charge in [-0.3, -0.25) is 0 Å². The van der Waals surface area contributed by atoms with Gasteiger partial charge in [-0.25, -0.2) is 8.42 Å². The summed E-state index contributed by atoms with van der Waals surface area (Å²) in [5.74, 6) is 0. The van der Waals surface area contributed by atoms with Crippen molar-refractivity contribution in [3.8, 4) is 0 Å². The first-order valence-corrected chi connectivity index (χ1v) is 13.8. The molecule has 3 nitrogen and oxygen atoms in total. The molecule has 0 fully saturated rings. The monoisotopic (exact) mass is 375 g/mol. The Morgan fingerprint density at radius 3 is 2.36 bits per heavy atom. The topological polar surface area (TPSA) is 37.4 Å². The molecule has 1 unspecified atom stereocenters. The third-order valence-corrected chi connectivity index (χ3v) is 7.87. The number of hydrogen-bond acceptors (Lipinski definition) is 2. The molecule has 136 valence electrons. The summed E-state index contributed by atoms with van der Waals surface area (Å²) < 4.78 is 27.7. The Hall–Kier alpha value is -1.43. The smallest absolute Gasteiger partial charge is 0.207 e. The maximum Gasteiger partial charge on any atom is 0.243 e. The molecule has 1 aromatic rings. The molecule has 0 bridgehead atoms. The number of rotatable bonds is 6. The van der Waals surface area contributed by atoms with E-state index in [2.05, 4.69) is 38.4 Å². The van der Waals surface area contributed by atoms with Crippen molar-refractivity contribution in [1.82, 2.24) is 4.31 Å². The number of hydrogen-bond donors (Lipinski definition) is 0. The summed E-state index contributed by atoms with van der Waals surface area (Å²) in [6, 6.07) is 7.94. The third kappa shape index (κ3) is 4.60. The van der Waals surface area contributed by atoms with Gasteiger partial charge in [-0.15, -0.1) is 0 Å². The molecule has 25 heavy (non-hydrogen) atoms. The maximum atomic E-state index is 13.0. The molecule has 1 aliphatic rings. The Bertz CT molecular complexity index is 799. The largest absolute Gasteiger partial charge is 0.243 e. The van der Waals surface area contributed by atoms with E-state index in [1.807, 2.05) is 26.0 Å². The second kappa shape index (κ2) is 7.44. The van der Waals surface area contributed by atoms with E-state index in [-0.39, 0.29) is 6.04 Å². The van der Waals surface area contributed by atoms with E-state index >= 15 is 0 Å². The third-order valence-electron chi connectivity index (χ3n) is 4.48. The van der Waals surface area contributed by atoms with Crippen molar-refractivity contribution in [2.75, 3.05) is 6.54 Å². The Morgan fingerprint density at radius 2 is 1.84 bits per heavy atom. The first kappa shape index (κ1) is 19.9. The van der Waals surface area contributed by atoms with Crippen LogP contribution >= 0.6 is 0 Å². The molecule has 0 radical (unpaired) electrons. The van der Waals surface area contributed by atoms with Crippen molar-refractivity contribution in [3.63, 3.8) is 0 Å². The summed E-state index contributed by atoms with van der Waals surface area (Å²) in [4.78, 5) is 0.348. The van der Waals surface area contributed by atoms with E-state index in [0.29, 0.717) is 11.4 Å². The van der Waals surface area contributed by atoms with Gasteiger partial charge in [0.1, 0.15) is 0 Å². The second-order valence-corrected chi connectivity index (χ2v) is 15.3. The predicted molar refractivity (Wildman–Crippen MR) is 109 cm³/mol. The molecule has 0 aromatic heterocycles. The van der Waals surface area contributed by atoms with Gasteiger partial charge in [0, 0.05) is 20.7 Å². The summed E-state index contributed by atoms with van der Waals surface area (Å²) in [7, 11) is -4.68. The molecule has 5 heteroatoms. The highest BCUT2D eigenvalue weighted by molar-refractivity contribution is 7.89. The van der Waals surface area contributed by atoms with Crippen LogP contribution in [-0.2, 0) is 10.0 Å². The molecule has 1 aromatic carbocycles. The van der Waals surface area contributed by atoms with E-state index in [0.717, 1.165) is 22.8 Å². The predicted octanol–water partition coefficient (Wildman–Crippen LogP) is 4.76. The average molecular weight is 376 g/mol. The Kier molecular flexibility index (Phi) is 5.92. The quantitative estimate of drug-likeness (QED) is 0.672. The number of benzene rings is 1. The molecule has 0 saturated heterocycles. The number of sulfonamides is 1. The molecule has 1 aliphatic heterocycles. The summed E-state index contributed by atoms with van der Waals surface area (Å²) in [5.41, 5.74) is 3.10. The van der Waals surface area contributed by atoms with Crippen LogP contribution in [-0.4, -0.2) is 33.4 Å². The van der Waals surface area contributed by atoms with Crippen LogP contribution in [0.5, 0.6) is 0 Å². The molecular weight excluding hydrogens is 346 g/mol. The van der Waals surface area contributed by atoms with Crippen LogP contribution in [0, 0.1) is 6.92 Å². The zero-order valence-electron chi connectivity index (χ0n) is 15.9. The Morgan fingerprint density at radius 1 is 1.24 bits per heavy atom. The lowest BCUT2D eigenvalue weighted by Gasteiger charge is -2.22. The molecule has 0 saturated carbocycles. The van der Waals surface area contributed by atoms with Crippen LogP contribution in [0.15, 0.2) is 65.1 Å². The molecule has 0 spiro atoms. The van der Waals surface area contributed by atoms with E-state index in [1.54, 1.807) is 22.5 Å². The van der Waals surface area contributed by atoms with Crippen LogP contribution in [0.25, 0.3) is 0 Å². The highest BCUT2D eigenvalue weighted by Gasteiger charge is 2.36. The maximum absolute atomic E-state index is 13.0. The van der Waals surface area contributed by atoms with Gasteiger partial charge in [0.2, 0.25) is 10.0 Å². The van der Waals surface area contributed by atoms with Gasteiger partial charge in [-0.2, -0.15) is 4.31 Å². The first-order valence-electron chi connectivity index (χ1n) is 8.67. The van der Waals surface area contributed by atoms with Gasteiger partial charge in [0.25, 0.3) is 0 Å². The highest BCUT2D eigenvalue weighted by atomic mass is 32.2. The van der Waals surface area contributed by atoms with Crippen molar-refractivity contribution < 1.29 is 8.42 Å². The number of nitrogens with zero attached hydrogens (tertiary/aromatic N) is 1. The van der Waals surface area contributed by atoms with Crippen molar-refractivity contribution in [2.45, 2.75) is 50.5 Å².